The van der Waals surface area contributed by atoms with Crippen LogP contribution >= 0.6 is 0 Å². The summed E-state index contributed by atoms with van der Waals surface area (Å²) in [4.78, 5) is 2.36. The molecule has 4 heteroatoms. The fraction of sp³-hybridized carbons (Fsp3) is 0.750. The van der Waals surface area contributed by atoms with Crippen LogP contribution in [0.3, 0.4) is 0 Å². The molecule has 0 saturated carbocycles. The number of nitrogens with two attached hydrogens (primary N) is 1. The van der Waals surface area contributed by atoms with Gasteiger partial charge >= 0.3 is 0 Å². The quantitative estimate of drug-likeness (QED) is 0.790. The van der Waals surface area contributed by atoms with Gasteiger partial charge in [0.1, 0.15) is 5.82 Å². The molecule has 0 aromatic carbocycles. The van der Waals surface area contributed by atoms with Crippen LogP contribution in [0.1, 0.15) is 32.4 Å². The molecular weight excluding hydrogens is 200 g/mol. The maximum absolute atomic E-state index is 6.08. The van der Waals surface area contributed by atoms with Crippen LogP contribution in [0.4, 0.5) is 11.5 Å². The highest BCUT2D eigenvalue weighted by atomic mass is 15.4. The molecule has 0 amide bonds. The summed E-state index contributed by atoms with van der Waals surface area (Å²) in [5.41, 5.74) is 8.32. The van der Waals surface area contributed by atoms with E-state index < -0.39 is 0 Å². The molecular formula is C12H22N4. The summed E-state index contributed by atoms with van der Waals surface area (Å²) in [6.45, 7) is 8.80. The maximum atomic E-state index is 6.08. The second-order valence-corrected chi connectivity index (χ2v) is 5.60. The zero-order valence-corrected chi connectivity index (χ0v) is 10.7. The van der Waals surface area contributed by atoms with E-state index in [-0.39, 0.29) is 0 Å². The second kappa shape index (κ2) is 3.68. The van der Waals surface area contributed by atoms with E-state index >= 15 is 0 Å². The average molecular weight is 222 g/mol. The third-order valence-corrected chi connectivity index (χ3v) is 3.65. The first-order chi connectivity index (χ1) is 7.41. The molecule has 2 N–H and O–H groups in total. The van der Waals surface area contributed by atoms with E-state index in [1.54, 1.807) is 0 Å². The van der Waals surface area contributed by atoms with Crippen molar-refractivity contribution in [2.75, 3.05) is 23.7 Å². The molecule has 0 bridgehead atoms. The summed E-state index contributed by atoms with van der Waals surface area (Å²) in [5.74, 6) is 1.09. The Morgan fingerprint density at radius 1 is 1.25 bits per heavy atom. The summed E-state index contributed by atoms with van der Waals surface area (Å²) < 4.78 is 1.91. The molecule has 1 fully saturated rings. The Labute approximate surface area is 97.4 Å². The third kappa shape index (κ3) is 1.88. The summed E-state index contributed by atoms with van der Waals surface area (Å²) in [5, 5.41) is 4.37. The Hall–Kier alpha value is -1.19. The number of aromatic nitrogens is 2. The summed E-state index contributed by atoms with van der Waals surface area (Å²) >= 11 is 0. The van der Waals surface area contributed by atoms with Gasteiger partial charge in [0.25, 0.3) is 0 Å². The zero-order valence-electron chi connectivity index (χ0n) is 10.7. The van der Waals surface area contributed by atoms with Gasteiger partial charge in [0.05, 0.1) is 11.4 Å². The molecule has 0 spiro atoms. The van der Waals surface area contributed by atoms with Crippen LogP contribution in [0.2, 0.25) is 0 Å². The van der Waals surface area contributed by atoms with E-state index in [9.17, 15) is 0 Å². The van der Waals surface area contributed by atoms with Crippen LogP contribution < -0.4 is 10.6 Å². The van der Waals surface area contributed by atoms with Gasteiger partial charge in [-0.25, -0.2) is 0 Å². The Kier molecular flexibility index (Phi) is 2.60. The highest BCUT2D eigenvalue weighted by Crippen LogP contribution is 2.34. The maximum Gasteiger partial charge on any atom is 0.150 e. The van der Waals surface area contributed by atoms with Crippen LogP contribution in [0, 0.1) is 12.3 Å². The fourth-order valence-corrected chi connectivity index (χ4v) is 2.36. The summed E-state index contributed by atoms with van der Waals surface area (Å²) in [7, 11) is 1.97. The van der Waals surface area contributed by atoms with E-state index in [0.29, 0.717) is 5.41 Å². The highest BCUT2D eigenvalue weighted by molar-refractivity contribution is 5.66. The minimum absolute atomic E-state index is 0.471. The van der Waals surface area contributed by atoms with Crippen molar-refractivity contribution in [3.8, 4) is 0 Å². The van der Waals surface area contributed by atoms with Crippen molar-refractivity contribution >= 4 is 11.5 Å². The lowest BCUT2D eigenvalue weighted by molar-refractivity contribution is 0.278. The van der Waals surface area contributed by atoms with Crippen molar-refractivity contribution in [2.45, 2.75) is 33.6 Å². The lowest BCUT2D eigenvalue weighted by atomic mass is 9.83. The minimum atomic E-state index is 0.471. The Bertz CT molecular complexity index is 382. The normalized spacial score (nSPS) is 20.1. The second-order valence-electron chi connectivity index (χ2n) is 5.60. The molecule has 0 atom stereocenters. The van der Waals surface area contributed by atoms with E-state index in [0.717, 1.165) is 30.3 Å². The molecule has 2 rings (SSSR count). The first-order valence-electron chi connectivity index (χ1n) is 5.95. The molecule has 4 nitrogen and oxygen atoms in total. The number of anilines is 2. The largest absolute Gasteiger partial charge is 0.394 e. The predicted molar refractivity (Wildman–Crippen MR) is 67.6 cm³/mol. The summed E-state index contributed by atoms with van der Waals surface area (Å²) in [6, 6.07) is 0. The molecule has 2 heterocycles. The first-order valence-corrected chi connectivity index (χ1v) is 5.95. The van der Waals surface area contributed by atoms with Gasteiger partial charge in [-0.1, -0.05) is 13.8 Å². The van der Waals surface area contributed by atoms with Gasteiger partial charge in [-0.15, -0.1) is 0 Å². The fourth-order valence-electron chi connectivity index (χ4n) is 2.36. The SMILES string of the molecule is Cc1nn(C)c(N2CCC(C)(C)CC2)c1N. The predicted octanol–water partition coefficient (Wildman–Crippen LogP) is 1.94. The van der Waals surface area contributed by atoms with Gasteiger partial charge in [0.2, 0.25) is 0 Å². The topological polar surface area (TPSA) is 47.1 Å². The van der Waals surface area contributed by atoms with Crippen LogP contribution in [-0.2, 0) is 7.05 Å². The van der Waals surface area contributed by atoms with E-state index in [1.807, 2.05) is 18.7 Å². The van der Waals surface area contributed by atoms with Gasteiger partial charge in [-0.3, -0.25) is 4.68 Å². The van der Waals surface area contributed by atoms with E-state index in [2.05, 4.69) is 23.8 Å². The van der Waals surface area contributed by atoms with Crippen molar-refractivity contribution in [2.24, 2.45) is 12.5 Å². The van der Waals surface area contributed by atoms with Crippen molar-refractivity contribution in [1.29, 1.82) is 0 Å². The average Bonchev–Trinajstić information content (AvgIpc) is 2.43. The van der Waals surface area contributed by atoms with Crippen molar-refractivity contribution in [3.63, 3.8) is 0 Å². The highest BCUT2D eigenvalue weighted by Gasteiger charge is 2.28. The lowest BCUT2D eigenvalue weighted by Gasteiger charge is -2.38. The smallest absolute Gasteiger partial charge is 0.150 e. The third-order valence-electron chi connectivity index (χ3n) is 3.65. The van der Waals surface area contributed by atoms with Crippen molar-refractivity contribution < 1.29 is 0 Å². The molecule has 1 aromatic rings. The van der Waals surface area contributed by atoms with Crippen molar-refractivity contribution in [1.82, 2.24) is 9.78 Å². The number of nitrogen functional groups attached to an aromatic ring is 1. The van der Waals surface area contributed by atoms with Gasteiger partial charge in [-0.2, -0.15) is 5.10 Å². The lowest BCUT2D eigenvalue weighted by Crippen LogP contribution is -2.38. The molecule has 90 valence electrons. The van der Waals surface area contributed by atoms with Gasteiger partial charge in [0.15, 0.2) is 0 Å². The first kappa shape index (κ1) is 11.3. The van der Waals surface area contributed by atoms with Crippen molar-refractivity contribution in [3.05, 3.63) is 5.69 Å². The summed E-state index contributed by atoms with van der Waals surface area (Å²) in [6.07, 6.45) is 2.44. The molecule has 1 aliphatic heterocycles. The number of aryl methyl sites for hydroxylation is 2. The van der Waals surface area contributed by atoms with Gasteiger partial charge in [-0.05, 0) is 25.2 Å². The Morgan fingerprint density at radius 3 is 2.25 bits per heavy atom. The molecule has 0 aliphatic carbocycles. The van der Waals surface area contributed by atoms with E-state index in [4.69, 9.17) is 5.73 Å². The Morgan fingerprint density at radius 2 is 1.81 bits per heavy atom. The number of nitrogens with zero attached hydrogens (tertiary/aromatic N) is 3. The number of rotatable bonds is 1. The van der Waals surface area contributed by atoms with Crippen LogP contribution in [0.15, 0.2) is 0 Å². The number of hydrogen-bond acceptors (Lipinski definition) is 3. The molecule has 1 aliphatic rings. The van der Waals surface area contributed by atoms with Crippen LogP contribution in [0.5, 0.6) is 0 Å². The molecule has 1 saturated heterocycles. The standard InChI is InChI=1S/C12H22N4/c1-9-10(13)11(15(4)14-9)16-7-5-12(2,3)6-8-16/h5-8,13H2,1-4H3. The minimum Gasteiger partial charge on any atom is -0.394 e. The molecule has 1 aromatic heterocycles. The molecule has 16 heavy (non-hydrogen) atoms. The van der Waals surface area contributed by atoms with Crippen LogP contribution in [-0.4, -0.2) is 22.9 Å². The van der Waals surface area contributed by atoms with Crippen LogP contribution in [0.25, 0.3) is 0 Å². The Balaban J connectivity index is 2.20. The van der Waals surface area contributed by atoms with Gasteiger partial charge in [0, 0.05) is 20.1 Å². The number of piperidine rings is 1. The monoisotopic (exact) mass is 222 g/mol. The van der Waals surface area contributed by atoms with Gasteiger partial charge < -0.3 is 10.6 Å². The number of hydrogen-bond donors (Lipinski definition) is 1. The molecule has 0 radical (unpaired) electrons. The van der Waals surface area contributed by atoms with E-state index in [1.165, 1.54) is 12.8 Å². The molecule has 0 unspecified atom stereocenters. The zero-order chi connectivity index (χ0) is 11.9.